The van der Waals surface area contributed by atoms with Gasteiger partial charge in [-0.2, -0.15) is 0 Å². The van der Waals surface area contributed by atoms with E-state index in [1.165, 1.54) is 11.8 Å². The summed E-state index contributed by atoms with van der Waals surface area (Å²) in [4.78, 5) is 20.2. The van der Waals surface area contributed by atoms with Crippen LogP contribution in [-0.2, 0) is 6.54 Å². The molecule has 108 valence electrons. The van der Waals surface area contributed by atoms with Crippen molar-refractivity contribution in [1.29, 1.82) is 0 Å². The molecule has 0 fully saturated rings. The summed E-state index contributed by atoms with van der Waals surface area (Å²) in [5.41, 5.74) is -0.204. The van der Waals surface area contributed by atoms with Crippen LogP contribution in [0.4, 0.5) is 5.82 Å². The standard InChI is InChI=1S/C12H18N6OS/c1-4-6-13-9-7-10(15-8(3)14-9)20-12-17-16-11(19)18(12)5-2/h7H,4-6H2,1-3H3,(H,16,19)(H,13,14,15). The number of aromatic amines is 1. The lowest BCUT2D eigenvalue weighted by Gasteiger charge is -2.07. The van der Waals surface area contributed by atoms with Crippen LogP contribution in [0.3, 0.4) is 0 Å². The van der Waals surface area contributed by atoms with Crippen molar-refractivity contribution in [2.45, 2.75) is 43.9 Å². The Morgan fingerprint density at radius 3 is 2.90 bits per heavy atom. The maximum Gasteiger partial charge on any atom is 0.343 e. The Hall–Kier alpha value is -1.83. The van der Waals surface area contributed by atoms with E-state index in [9.17, 15) is 4.79 Å². The molecule has 0 spiro atoms. The lowest BCUT2D eigenvalue weighted by atomic mass is 10.4. The van der Waals surface area contributed by atoms with E-state index in [0.29, 0.717) is 17.5 Å². The second-order valence-corrected chi connectivity index (χ2v) is 5.21. The third kappa shape index (κ3) is 3.38. The van der Waals surface area contributed by atoms with Gasteiger partial charge in [0.05, 0.1) is 0 Å². The van der Waals surface area contributed by atoms with Crippen molar-refractivity contribution in [2.75, 3.05) is 11.9 Å². The number of nitrogens with one attached hydrogen (secondary N) is 2. The molecule has 0 radical (unpaired) electrons. The van der Waals surface area contributed by atoms with Gasteiger partial charge in [-0.3, -0.25) is 4.57 Å². The average molecular weight is 294 g/mol. The number of aryl methyl sites for hydroxylation is 1. The fourth-order valence-electron chi connectivity index (χ4n) is 1.69. The zero-order chi connectivity index (χ0) is 14.5. The predicted octanol–water partition coefficient (Wildman–Crippen LogP) is 1.66. The van der Waals surface area contributed by atoms with Crippen LogP contribution in [0.1, 0.15) is 26.1 Å². The maximum absolute atomic E-state index is 11.5. The van der Waals surface area contributed by atoms with E-state index in [4.69, 9.17) is 0 Å². The highest BCUT2D eigenvalue weighted by Crippen LogP contribution is 2.24. The second-order valence-electron chi connectivity index (χ2n) is 4.22. The van der Waals surface area contributed by atoms with Crippen molar-refractivity contribution in [1.82, 2.24) is 24.7 Å². The Morgan fingerprint density at radius 2 is 2.20 bits per heavy atom. The van der Waals surface area contributed by atoms with Crippen molar-refractivity contribution in [2.24, 2.45) is 0 Å². The van der Waals surface area contributed by atoms with Gasteiger partial charge in [-0.1, -0.05) is 6.92 Å². The summed E-state index contributed by atoms with van der Waals surface area (Å²) in [6.45, 7) is 7.28. The molecule has 2 rings (SSSR count). The molecule has 0 amide bonds. The molecule has 2 aromatic heterocycles. The number of H-pyrrole nitrogens is 1. The number of nitrogens with zero attached hydrogens (tertiary/aromatic N) is 4. The van der Waals surface area contributed by atoms with Gasteiger partial charge < -0.3 is 5.32 Å². The molecule has 0 atom stereocenters. The number of hydrogen-bond acceptors (Lipinski definition) is 6. The summed E-state index contributed by atoms with van der Waals surface area (Å²) < 4.78 is 1.57. The van der Waals surface area contributed by atoms with Crippen LogP contribution >= 0.6 is 11.8 Å². The zero-order valence-electron chi connectivity index (χ0n) is 11.8. The summed E-state index contributed by atoms with van der Waals surface area (Å²) >= 11 is 1.35. The summed E-state index contributed by atoms with van der Waals surface area (Å²) in [5.74, 6) is 1.48. The third-order valence-corrected chi connectivity index (χ3v) is 3.52. The molecule has 0 aromatic carbocycles. The van der Waals surface area contributed by atoms with E-state index < -0.39 is 0 Å². The van der Waals surface area contributed by atoms with Crippen LogP contribution in [0, 0.1) is 6.92 Å². The molecular formula is C12H18N6OS. The van der Waals surface area contributed by atoms with Gasteiger partial charge >= 0.3 is 5.69 Å². The molecule has 20 heavy (non-hydrogen) atoms. The highest BCUT2D eigenvalue weighted by Gasteiger charge is 2.10. The molecule has 0 aliphatic rings. The quantitative estimate of drug-likeness (QED) is 0.788. The van der Waals surface area contributed by atoms with Gasteiger partial charge in [0.15, 0.2) is 5.16 Å². The second kappa shape index (κ2) is 6.56. The first kappa shape index (κ1) is 14.6. The van der Waals surface area contributed by atoms with Crippen LogP contribution < -0.4 is 11.0 Å². The fraction of sp³-hybridized carbons (Fsp3) is 0.500. The van der Waals surface area contributed by atoms with E-state index in [2.05, 4.69) is 32.4 Å². The molecule has 2 heterocycles. The van der Waals surface area contributed by atoms with E-state index in [1.807, 2.05) is 19.9 Å². The normalized spacial score (nSPS) is 10.8. The highest BCUT2D eigenvalue weighted by atomic mass is 32.2. The van der Waals surface area contributed by atoms with Gasteiger partial charge in [-0.05, 0) is 32.0 Å². The zero-order valence-corrected chi connectivity index (χ0v) is 12.6. The maximum atomic E-state index is 11.5. The summed E-state index contributed by atoms with van der Waals surface area (Å²) in [6.07, 6.45) is 1.03. The molecule has 0 aliphatic heterocycles. The van der Waals surface area contributed by atoms with Crippen molar-refractivity contribution >= 4 is 17.6 Å². The minimum absolute atomic E-state index is 0.204. The van der Waals surface area contributed by atoms with Crippen LogP contribution in [0.2, 0.25) is 0 Å². The van der Waals surface area contributed by atoms with Crippen molar-refractivity contribution < 1.29 is 0 Å². The van der Waals surface area contributed by atoms with E-state index in [1.54, 1.807) is 4.57 Å². The summed E-state index contributed by atoms with van der Waals surface area (Å²) in [6, 6.07) is 1.87. The number of rotatable bonds is 6. The average Bonchev–Trinajstić information content (AvgIpc) is 2.76. The van der Waals surface area contributed by atoms with Crippen LogP contribution in [-0.4, -0.2) is 31.3 Å². The number of anilines is 1. The third-order valence-electron chi connectivity index (χ3n) is 2.61. The topological polar surface area (TPSA) is 88.5 Å². The van der Waals surface area contributed by atoms with Gasteiger partial charge in [0.25, 0.3) is 0 Å². The highest BCUT2D eigenvalue weighted by molar-refractivity contribution is 7.99. The monoisotopic (exact) mass is 294 g/mol. The fourth-order valence-corrected chi connectivity index (χ4v) is 2.64. The molecule has 2 N–H and O–H groups in total. The largest absolute Gasteiger partial charge is 0.370 e. The Morgan fingerprint density at radius 1 is 1.40 bits per heavy atom. The van der Waals surface area contributed by atoms with Gasteiger partial charge in [-0.15, -0.1) is 5.10 Å². The van der Waals surface area contributed by atoms with Gasteiger partial charge in [0.1, 0.15) is 16.7 Å². The van der Waals surface area contributed by atoms with E-state index in [0.717, 1.165) is 23.8 Å². The van der Waals surface area contributed by atoms with Crippen molar-refractivity contribution in [3.63, 3.8) is 0 Å². The molecule has 7 nitrogen and oxygen atoms in total. The van der Waals surface area contributed by atoms with Gasteiger partial charge in [-0.25, -0.2) is 19.9 Å². The minimum atomic E-state index is -0.204. The Balaban J connectivity index is 2.24. The Labute approximate surface area is 121 Å². The first-order chi connectivity index (χ1) is 9.63. The van der Waals surface area contributed by atoms with Crippen molar-refractivity contribution in [3.8, 4) is 0 Å². The van der Waals surface area contributed by atoms with Crippen LogP contribution in [0.5, 0.6) is 0 Å². The molecule has 2 aromatic rings. The lowest BCUT2D eigenvalue weighted by Crippen LogP contribution is -2.16. The smallest absolute Gasteiger partial charge is 0.343 e. The molecule has 0 saturated heterocycles. The van der Waals surface area contributed by atoms with Crippen LogP contribution in [0.25, 0.3) is 0 Å². The molecular weight excluding hydrogens is 276 g/mol. The summed E-state index contributed by atoms with van der Waals surface area (Å²) in [7, 11) is 0. The SMILES string of the molecule is CCCNc1cc(Sc2n[nH]c(=O)n2CC)nc(C)n1. The predicted molar refractivity (Wildman–Crippen MR) is 78.2 cm³/mol. The van der Waals surface area contributed by atoms with Gasteiger partial charge in [0.2, 0.25) is 0 Å². The van der Waals surface area contributed by atoms with Crippen LogP contribution in [0.15, 0.2) is 21.0 Å². The molecule has 0 unspecified atom stereocenters. The number of hydrogen-bond donors (Lipinski definition) is 2. The number of aromatic nitrogens is 5. The van der Waals surface area contributed by atoms with Crippen molar-refractivity contribution in [3.05, 3.63) is 22.4 Å². The van der Waals surface area contributed by atoms with E-state index >= 15 is 0 Å². The minimum Gasteiger partial charge on any atom is -0.370 e. The van der Waals surface area contributed by atoms with Gasteiger partial charge in [0, 0.05) is 19.2 Å². The first-order valence-electron chi connectivity index (χ1n) is 6.56. The molecule has 0 aliphatic carbocycles. The molecule has 0 bridgehead atoms. The first-order valence-corrected chi connectivity index (χ1v) is 7.38. The Kier molecular flexibility index (Phi) is 4.78. The lowest BCUT2D eigenvalue weighted by molar-refractivity contribution is 0.660. The molecule has 0 saturated carbocycles. The Bertz CT molecular complexity index is 635. The summed E-state index contributed by atoms with van der Waals surface area (Å²) in [5, 5.41) is 11.1. The van der Waals surface area contributed by atoms with E-state index in [-0.39, 0.29) is 5.69 Å². The molecule has 8 heteroatoms.